The van der Waals surface area contributed by atoms with Crippen molar-refractivity contribution < 1.29 is 14.3 Å². The van der Waals surface area contributed by atoms with E-state index in [0.29, 0.717) is 57.7 Å². The molecule has 2 aliphatic rings. The van der Waals surface area contributed by atoms with Crippen molar-refractivity contribution in [2.24, 2.45) is 5.92 Å². The van der Waals surface area contributed by atoms with Crippen molar-refractivity contribution in [3.05, 3.63) is 38.7 Å². The SMILES string of the molecule is CCOC(=O)c1sc(N2CC[C@@H](NC(=O)c3[nH]c(C)c(Cl)c3Cl)[C@@H](C)C2)nc1-c1cnc(N2CCN(C(CC)CC)CC2)cn1. The van der Waals surface area contributed by atoms with Gasteiger partial charge in [-0.3, -0.25) is 9.69 Å². The maximum atomic E-state index is 13.0. The molecule has 0 unspecified atom stereocenters. The van der Waals surface area contributed by atoms with Crippen molar-refractivity contribution >= 4 is 57.4 Å². The van der Waals surface area contributed by atoms with Crippen molar-refractivity contribution in [1.29, 1.82) is 0 Å². The number of H-pyrrole nitrogens is 1. The lowest BCUT2D eigenvalue weighted by Gasteiger charge is -2.39. The van der Waals surface area contributed by atoms with Gasteiger partial charge in [-0.25, -0.2) is 19.7 Å². The zero-order chi connectivity index (χ0) is 32.2. The summed E-state index contributed by atoms with van der Waals surface area (Å²) in [7, 11) is 0. The number of anilines is 2. The molecule has 45 heavy (non-hydrogen) atoms. The number of carbonyl (C=O) groups excluding carboxylic acids is 2. The molecular formula is C31H42Cl2N8O3S. The number of aromatic nitrogens is 4. The van der Waals surface area contributed by atoms with Gasteiger partial charge in [-0.1, -0.05) is 55.3 Å². The fourth-order valence-electron chi connectivity index (χ4n) is 6.18. The number of carbonyl (C=O) groups is 2. The van der Waals surface area contributed by atoms with Crippen LogP contribution in [0.15, 0.2) is 12.4 Å². The van der Waals surface area contributed by atoms with Gasteiger partial charge in [0.15, 0.2) is 5.13 Å². The minimum atomic E-state index is -0.424. The van der Waals surface area contributed by atoms with Gasteiger partial charge in [0.05, 0.1) is 29.0 Å². The molecule has 1 amide bonds. The monoisotopic (exact) mass is 676 g/mol. The van der Waals surface area contributed by atoms with Gasteiger partial charge in [0.1, 0.15) is 27.8 Å². The number of hydrogen-bond acceptors (Lipinski definition) is 10. The first-order valence-electron chi connectivity index (χ1n) is 15.7. The molecule has 0 bridgehead atoms. The fraction of sp³-hybridized carbons (Fsp3) is 0.581. The number of amides is 1. The van der Waals surface area contributed by atoms with Gasteiger partial charge in [-0.15, -0.1) is 0 Å². The standard InChI is InChI=1S/C31H42Cl2N8O3S/c1-6-20(7-2)39-11-13-40(14-12-39)23-16-34-22(15-35-23)26-28(30(43)44-8-3)45-31(38-26)41-10-9-21(18(4)17-41)37-29(42)27-25(33)24(32)19(5)36-27/h15-16,18,20-21,36H,6-14,17H2,1-5H3,(H,37,42)/t18-,21+/m0/s1. The van der Waals surface area contributed by atoms with Crippen LogP contribution in [0.25, 0.3) is 11.4 Å². The average Bonchev–Trinajstić information content (AvgIpc) is 3.61. The summed E-state index contributed by atoms with van der Waals surface area (Å²) in [4.78, 5) is 50.6. The number of piperidine rings is 1. The van der Waals surface area contributed by atoms with Crippen LogP contribution in [0.2, 0.25) is 10.0 Å². The molecule has 0 aliphatic carbocycles. The highest BCUT2D eigenvalue weighted by molar-refractivity contribution is 7.17. The van der Waals surface area contributed by atoms with Gasteiger partial charge in [-0.05, 0) is 39.0 Å². The first-order valence-corrected chi connectivity index (χ1v) is 17.3. The second-order valence-corrected chi connectivity index (χ2v) is 13.4. The Labute approximate surface area is 278 Å². The molecule has 5 rings (SSSR count). The quantitative estimate of drug-likeness (QED) is 0.262. The molecule has 5 heterocycles. The molecule has 0 aromatic carbocycles. The smallest absolute Gasteiger partial charge is 0.350 e. The fourth-order valence-corrected chi connectivity index (χ4v) is 7.60. The van der Waals surface area contributed by atoms with Crippen molar-refractivity contribution in [3.8, 4) is 11.4 Å². The van der Waals surface area contributed by atoms with E-state index in [-0.39, 0.29) is 35.2 Å². The Kier molecular flexibility index (Phi) is 10.9. The van der Waals surface area contributed by atoms with Gasteiger partial charge in [-0.2, -0.15) is 0 Å². The van der Waals surface area contributed by atoms with Crippen molar-refractivity contribution in [2.45, 2.75) is 66.0 Å². The van der Waals surface area contributed by atoms with Gasteiger partial charge in [0.25, 0.3) is 5.91 Å². The summed E-state index contributed by atoms with van der Waals surface area (Å²) >= 11 is 13.7. The molecule has 11 nitrogen and oxygen atoms in total. The Morgan fingerprint density at radius 2 is 1.80 bits per heavy atom. The molecular weight excluding hydrogens is 635 g/mol. The molecule has 2 fully saturated rings. The van der Waals surface area contributed by atoms with Crippen LogP contribution in [0.5, 0.6) is 0 Å². The summed E-state index contributed by atoms with van der Waals surface area (Å²) in [5, 5.41) is 4.41. The number of halogens is 2. The lowest BCUT2D eigenvalue weighted by atomic mass is 9.94. The van der Waals surface area contributed by atoms with Crippen LogP contribution < -0.4 is 15.1 Å². The average molecular weight is 678 g/mol. The summed E-state index contributed by atoms with van der Waals surface area (Å²) in [6, 6.07) is 0.562. The molecule has 3 aromatic rings. The molecule has 2 atom stereocenters. The minimum Gasteiger partial charge on any atom is -0.462 e. The first kappa shape index (κ1) is 33.4. The molecule has 2 N–H and O–H groups in total. The molecule has 0 radical (unpaired) electrons. The molecule has 0 saturated carbocycles. The molecule has 244 valence electrons. The molecule has 2 saturated heterocycles. The third kappa shape index (κ3) is 7.24. The van der Waals surface area contributed by atoms with Crippen molar-refractivity contribution in [1.82, 2.24) is 30.2 Å². The second kappa shape index (κ2) is 14.7. The highest BCUT2D eigenvalue weighted by atomic mass is 35.5. The third-order valence-electron chi connectivity index (χ3n) is 8.83. The maximum absolute atomic E-state index is 13.0. The predicted octanol–water partition coefficient (Wildman–Crippen LogP) is 5.68. The number of thiazole rings is 1. The summed E-state index contributed by atoms with van der Waals surface area (Å²) in [6.45, 7) is 15.5. The Morgan fingerprint density at radius 1 is 1.07 bits per heavy atom. The summed E-state index contributed by atoms with van der Waals surface area (Å²) in [5.41, 5.74) is 1.93. The van der Waals surface area contributed by atoms with Crippen LogP contribution in [0.1, 0.15) is 72.8 Å². The number of piperazine rings is 1. The van der Waals surface area contributed by atoms with Crippen LogP contribution in [0.4, 0.5) is 10.9 Å². The van der Waals surface area contributed by atoms with Gasteiger partial charge >= 0.3 is 5.97 Å². The lowest BCUT2D eigenvalue weighted by Crippen LogP contribution is -2.50. The van der Waals surface area contributed by atoms with Crippen LogP contribution in [-0.4, -0.2) is 94.7 Å². The first-order chi connectivity index (χ1) is 21.6. The third-order valence-corrected chi connectivity index (χ3v) is 10.9. The largest absolute Gasteiger partial charge is 0.462 e. The van der Waals surface area contributed by atoms with E-state index in [1.54, 1.807) is 26.2 Å². The second-order valence-electron chi connectivity index (χ2n) is 11.7. The molecule has 0 spiro atoms. The van der Waals surface area contributed by atoms with Crippen molar-refractivity contribution in [3.63, 3.8) is 0 Å². The van der Waals surface area contributed by atoms with E-state index in [2.05, 4.69) is 45.8 Å². The number of aromatic amines is 1. The Balaban J connectivity index is 1.28. The zero-order valence-corrected chi connectivity index (χ0v) is 28.9. The Morgan fingerprint density at radius 3 is 2.38 bits per heavy atom. The van der Waals surface area contributed by atoms with Gasteiger partial charge in [0, 0.05) is 57.0 Å². The Bertz CT molecular complexity index is 1480. The Hall–Kier alpha value is -2.93. The highest BCUT2D eigenvalue weighted by Crippen LogP contribution is 2.35. The van der Waals surface area contributed by atoms with Gasteiger partial charge in [0.2, 0.25) is 0 Å². The normalized spacial score (nSPS) is 19.3. The van der Waals surface area contributed by atoms with E-state index in [9.17, 15) is 9.59 Å². The number of aryl methyl sites for hydroxylation is 1. The highest BCUT2D eigenvalue weighted by Gasteiger charge is 2.32. The van der Waals surface area contributed by atoms with E-state index in [0.717, 1.165) is 44.8 Å². The maximum Gasteiger partial charge on any atom is 0.350 e. The van der Waals surface area contributed by atoms with Crippen LogP contribution in [-0.2, 0) is 4.74 Å². The van der Waals surface area contributed by atoms with E-state index >= 15 is 0 Å². The molecule has 3 aromatic heterocycles. The van der Waals surface area contributed by atoms with E-state index in [1.807, 2.05) is 0 Å². The number of ether oxygens (including phenoxy) is 1. The van der Waals surface area contributed by atoms with Gasteiger partial charge < -0.3 is 24.8 Å². The number of nitrogens with one attached hydrogen (secondary N) is 2. The number of esters is 1. The van der Waals surface area contributed by atoms with Crippen LogP contribution in [0, 0.1) is 12.8 Å². The van der Waals surface area contributed by atoms with Crippen LogP contribution >= 0.6 is 34.5 Å². The van der Waals surface area contributed by atoms with E-state index < -0.39 is 5.97 Å². The molecule has 2 aliphatic heterocycles. The van der Waals surface area contributed by atoms with E-state index in [4.69, 9.17) is 42.9 Å². The molecule has 14 heteroatoms. The van der Waals surface area contributed by atoms with E-state index in [1.165, 1.54) is 11.3 Å². The topological polar surface area (TPSA) is 120 Å². The summed E-state index contributed by atoms with van der Waals surface area (Å²) < 4.78 is 5.38. The lowest BCUT2D eigenvalue weighted by molar-refractivity contribution is 0.0532. The minimum absolute atomic E-state index is 0.0636. The summed E-state index contributed by atoms with van der Waals surface area (Å²) in [6.07, 6.45) is 6.50. The summed E-state index contributed by atoms with van der Waals surface area (Å²) in [5.74, 6) is 0.228. The van der Waals surface area contributed by atoms with Crippen molar-refractivity contribution in [2.75, 3.05) is 55.7 Å². The number of rotatable bonds is 10. The predicted molar refractivity (Wildman–Crippen MR) is 180 cm³/mol. The van der Waals surface area contributed by atoms with Crippen LogP contribution in [0.3, 0.4) is 0 Å². The number of hydrogen-bond donors (Lipinski definition) is 2. The number of nitrogens with zero attached hydrogens (tertiary/aromatic N) is 6. The zero-order valence-electron chi connectivity index (χ0n) is 26.5.